The maximum Gasteiger partial charge on any atom is 0.471 e. The summed E-state index contributed by atoms with van der Waals surface area (Å²) in [4.78, 5) is 3.28. The van der Waals surface area contributed by atoms with Crippen molar-refractivity contribution in [3.63, 3.8) is 0 Å². The van der Waals surface area contributed by atoms with E-state index < -0.39 is 18.1 Å². The Kier molecular flexibility index (Phi) is 3.72. The normalized spacial score (nSPS) is 12.9. The first-order valence-corrected chi connectivity index (χ1v) is 5.54. The van der Waals surface area contributed by atoms with E-state index in [1.807, 2.05) is 6.07 Å². The number of nitriles is 1. The molecule has 1 aromatic carbocycles. The fourth-order valence-electron chi connectivity index (χ4n) is 1.59. The van der Waals surface area contributed by atoms with Crippen molar-refractivity contribution in [1.82, 2.24) is 15.5 Å². The smallest absolute Gasteiger partial charge is 0.329 e. The molecule has 2 aromatic rings. The van der Waals surface area contributed by atoms with E-state index in [0.717, 1.165) is 0 Å². The van der Waals surface area contributed by atoms with Crippen LogP contribution in [0.1, 0.15) is 17.5 Å². The highest BCUT2D eigenvalue weighted by molar-refractivity contribution is 5.55. The lowest BCUT2D eigenvalue weighted by Gasteiger charge is -2.07. The zero-order valence-corrected chi connectivity index (χ0v) is 10.3. The number of halogens is 3. The molecule has 20 heavy (non-hydrogen) atoms. The maximum atomic E-state index is 12.3. The summed E-state index contributed by atoms with van der Waals surface area (Å²) in [7, 11) is 1.64. The van der Waals surface area contributed by atoms with Gasteiger partial charge in [-0.2, -0.15) is 23.4 Å². The second-order valence-corrected chi connectivity index (χ2v) is 3.89. The Morgan fingerprint density at radius 3 is 2.40 bits per heavy atom. The second-order valence-electron chi connectivity index (χ2n) is 3.89. The molecule has 0 aliphatic carbocycles. The zero-order chi connectivity index (χ0) is 14.8. The standard InChI is InChI=1S/C12H9F3N4O/c1-17-9(6-16)7-2-4-8(5-3-7)10-18-11(20-19-10)12(13,14)15/h2-5,9,17H,1H3. The van der Waals surface area contributed by atoms with Crippen LogP contribution < -0.4 is 5.32 Å². The predicted octanol–water partition coefficient (Wildman–Crippen LogP) is 2.54. The van der Waals surface area contributed by atoms with Crippen LogP contribution in [0.4, 0.5) is 13.2 Å². The topological polar surface area (TPSA) is 74.7 Å². The molecule has 0 aliphatic rings. The molecule has 0 fully saturated rings. The number of nitrogens with zero attached hydrogens (tertiary/aromatic N) is 3. The Hall–Kier alpha value is -2.40. The fraction of sp³-hybridized carbons (Fsp3) is 0.250. The van der Waals surface area contributed by atoms with Crippen molar-refractivity contribution in [2.24, 2.45) is 0 Å². The maximum absolute atomic E-state index is 12.3. The van der Waals surface area contributed by atoms with E-state index in [-0.39, 0.29) is 5.82 Å². The van der Waals surface area contributed by atoms with E-state index >= 15 is 0 Å². The Morgan fingerprint density at radius 1 is 1.30 bits per heavy atom. The minimum Gasteiger partial charge on any atom is -0.329 e. The van der Waals surface area contributed by atoms with Crippen molar-refractivity contribution in [1.29, 1.82) is 5.26 Å². The highest BCUT2D eigenvalue weighted by atomic mass is 19.4. The molecule has 0 saturated heterocycles. The number of alkyl halides is 3. The van der Waals surface area contributed by atoms with Crippen LogP contribution in [0.15, 0.2) is 28.8 Å². The molecule has 0 bridgehead atoms. The summed E-state index contributed by atoms with van der Waals surface area (Å²) in [5.74, 6) is -1.54. The summed E-state index contributed by atoms with van der Waals surface area (Å²) in [6, 6.07) is 7.84. The summed E-state index contributed by atoms with van der Waals surface area (Å²) in [6.07, 6.45) is -4.66. The van der Waals surface area contributed by atoms with Gasteiger partial charge in [-0.1, -0.05) is 29.4 Å². The van der Waals surface area contributed by atoms with E-state index in [4.69, 9.17) is 5.26 Å². The molecule has 1 heterocycles. The highest BCUT2D eigenvalue weighted by Crippen LogP contribution is 2.29. The lowest BCUT2D eigenvalue weighted by molar-refractivity contribution is -0.159. The molecule has 8 heteroatoms. The average molecular weight is 282 g/mol. The lowest BCUT2D eigenvalue weighted by atomic mass is 10.1. The van der Waals surface area contributed by atoms with Crippen LogP contribution in [0.3, 0.4) is 0 Å². The van der Waals surface area contributed by atoms with E-state index in [0.29, 0.717) is 11.1 Å². The molecular weight excluding hydrogens is 273 g/mol. The van der Waals surface area contributed by atoms with E-state index in [2.05, 4.69) is 20.0 Å². The van der Waals surface area contributed by atoms with Gasteiger partial charge in [0, 0.05) is 5.56 Å². The van der Waals surface area contributed by atoms with Gasteiger partial charge >= 0.3 is 12.1 Å². The third-order valence-corrected chi connectivity index (χ3v) is 2.59. The first kappa shape index (κ1) is 14.0. The average Bonchev–Trinajstić information content (AvgIpc) is 2.90. The van der Waals surface area contributed by atoms with Crippen molar-refractivity contribution in [3.05, 3.63) is 35.7 Å². The first-order chi connectivity index (χ1) is 9.45. The predicted molar refractivity (Wildman–Crippen MR) is 62.1 cm³/mol. The molecule has 0 radical (unpaired) electrons. The minimum absolute atomic E-state index is 0.151. The molecule has 1 unspecified atom stereocenters. The van der Waals surface area contributed by atoms with Gasteiger partial charge in [0.1, 0.15) is 6.04 Å². The summed E-state index contributed by atoms with van der Waals surface area (Å²) < 4.78 is 41.2. The Morgan fingerprint density at radius 2 is 1.95 bits per heavy atom. The van der Waals surface area contributed by atoms with Gasteiger partial charge in [-0.05, 0) is 12.6 Å². The van der Waals surface area contributed by atoms with Gasteiger partial charge < -0.3 is 9.84 Å². The van der Waals surface area contributed by atoms with E-state index in [9.17, 15) is 13.2 Å². The van der Waals surface area contributed by atoms with Gasteiger partial charge in [0.25, 0.3) is 0 Å². The van der Waals surface area contributed by atoms with E-state index in [1.54, 1.807) is 19.2 Å². The number of rotatable bonds is 3. The minimum atomic E-state index is -4.66. The van der Waals surface area contributed by atoms with Crippen molar-refractivity contribution in [2.45, 2.75) is 12.2 Å². The van der Waals surface area contributed by atoms with Crippen molar-refractivity contribution < 1.29 is 17.7 Å². The van der Waals surface area contributed by atoms with Gasteiger partial charge in [0.15, 0.2) is 0 Å². The Balaban J connectivity index is 2.27. The molecule has 0 saturated carbocycles. The third kappa shape index (κ3) is 2.78. The van der Waals surface area contributed by atoms with Crippen LogP contribution in [-0.4, -0.2) is 17.2 Å². The molecular formula is C12H9F3N4O. The van der Waals surface area contributed by atoms with Gasteiger partial charge in [0.2, 0.25) is 5.82 Å². The first-order valence-electron chi connectivity index (χ1n) is 5.54. The Labute approximate surface area is 112 Å². The molecule has 5 nitrogen and oxygen atoms in total. The number of benzene rings is 1. The van der Waals surface area contributed by atoms with Gasteiger partial charge in [0.05, 0.1) is 6.07 Å². The largest absolute Gasteiger partial charge is 0.471 e. The van der Waals surface area contributed by atoms with Gasteiger partial charge in [-0.25, -0.2) is 0 Å². The fourth-order valence-corrected chi connectivity index (χ4v) is 1.59. The van der Waals surface area contributed by atoms with Crippen LogP contribution in [0.2, 0.25) is 0 Å². The van der Waals surface area contributed by atoms with Crippen molar-refractivity contribution >= 4 is 0 Å². The van der Waals surface area contributed by atoms with Crippen LogP contribution in [-0.2, 0) is 6.18 Å². The molecule has 2 rings (SSSR count). The molecule has 0 aliphatic heterocycles. The van der Waals surface area contributed by atoms with Crippen LogP contribution in [0, 0.1) is 11.3 Å². The summed E-state index contributed by atoms with van der Waals surface area (Å²) in [5.41, 5.74) is 1.07. The van der Waals surface area contributed by atoms with E-state index in [1.165, 1.54) is 12.1 Å². The van der Waals surface area contributed by atoms with Gasteiger partial charge in [-0.3, -0.25) is 0 Å². The quantitative estimate of drug-likeness (QED) is 0.936. The second kappa shape index (κ2) is 5.30. The highest BCUT2D eigenvalue weighted by Gasteiger charge is 2.38. The summed E-state index contributed by atoms with van der Waals surface area (Å²) in [5, 5.41) is 15.0. The lowest BCUT2D eigenvalue weighted by Crippen LogP contribution is -2.13. The third-order valence-electron chi connectivity index (χ3n) is 2.59. The number of nitrogens with one attached hydrogen (secondary N) is 1. The zero-order valence-electron chi connectivity index (χ0n) is 10.3. The Bertz CT molecular complexity index is 627. The van der Waals surface area contributed by atoms with Crippen molar-refractivity contribution in [2.75, 3.05) is 7.05 Å². The summed E-state index contributed by atoms with van der Waals surface area (Å²) in [6.45, 7) is 0. The molecule has 104 valence electrons. The molecule has 1 N–H and O–H groups in total. The molecule has 1 atom stereocenters. The van der Waals surface area contributed by atoms with Crippen LogP contribution in [0.25, 0.3) is 11.4 Å². The van der Waals surface area contributed by atoms with Crippen LogP contribution >= 0.6 is 0 Å². The number of hydrogen-bond donors (Lipinski definition) is 1. The number of hydrogen-bond acceptors (Lipinski definition) is 5. The number of aromatic nitrogens is 2. The van der Waals surface area contributed by atoms with Crippen LogP contribution in [0.5, 0.6) is 0 Å². The van der Waals surface area contributed by atoms with Crippen molar-refractivity contribution in [3.8, 4) is 17.5 Å². The molecule has 0 spiro atoms. The summed E-state index contributed by atoms with van der Waals surface area (Å²) >= 11 is 0. The molecule has 0 amide bonds. The molecule has 1 aromatic heterocycles. The monoisotopic (exact) mass is 282 g/mol. The van der Waals surface area contributed by atoms with Gasteiger partial charge in [-0.15, -0.1) is 0 Å². The SMILES string of the molecule is CNC(C#N)c1ccc(-c2noc(C(F)(F)F)n2)cc1.